The summed E-state index contributed by atoms with van der Waals surface area (Å²) in [5.41, 5.74) is 0. The van der Waals surface area contributed by atoms with Crippen LogP contribution >= 0.6 is 0 Å². The van der Waals surface area contributed by atoms with E-state index in [0.29, 0.717) is 19.0 Å². The van der Waals surface area contributed by atoms with Crippen molar-refractivity contribution < 1.29 is 8.42 Å². The summed E-state index contributed by atoms with van der Waals surface area (Å²) in [5.74, 6) is 0.649. The minimum atomic E-state index is -3.25. The lowest BCUT2D eigenvalue weighted by Gasteiger charge is -2.28. The van der Waals surface area contributed by atoms with Crippen molar-refractivity contribution >= 4 is 10.2 Å². The Balaban J connectivity index is 1.91. The SMILES string of the molecule is CC1CCC(NS(=O)(=O)N2CCNCC2)C1. The fourth-order valence-electron chi connectivity index (χ4n) is 2.48. The molecule has 2 rings (SSSR count). The van der Waals surface area contributed by atoms with Gasteiger partial charge in [0.05, 0.1) is 0 Å². The van der Waals surface area contributed by atoms with Crippen molar-refractivity contribution in [3.63, 3.8) is 0 Å². The van der Waals surface area contributed by atoms with Crippen LogP contribution in [0.2, 0.25) is 0 Å². The van der Waals surface area contributed by atoms with Crippen LogP contribution < -0.4 is 10.0 Å². The van der Waals surface area contributed by atoms with Gasteiger partial charge in [-0.1, -0.05) is 6.92 Å². The molecule has 16 heavy (non-hydrogen) atoms. The van der Waals surface area contributed by atoms with Crippen LogP contribution in [0.3, 0.4) is 0 Å². The van der Waals surface area contributed by atoms with Gasteiger partial charge in [-0.05, 0) is 25.2 Å². The molecule has 0 spiro atoms. The van der Waals surface area contributed by atoms with E-state index in [-0.39, 0.29) is 6.04 Å². The molecule has 1 saturated carbocycles. The lowest BCUT2D eigenvalue weighted by atomic mass is 10.1. The molecule has 5 nitrogen and oxygen atoms in total. The zero-order valence-corrected chi connectivity index (χ0v) is 10.6. The second kappa shape index (κ2) is 5.00. The van der Waals surface area contributed by atoms with Gasteiger partial charge in [0, 0.05) is 32.2 Å². The Hall–Kier alpha value is -0.170. The third kappa shape index (κ3) is 2.94. The molecule has 0 aromatic rings. The van der Waals surface area contributed by atoms with Gasteiger partial charge in [-0.15, -0.1) is 0 Å². The summed E-state index contributed by atoms with van der Waals surface area (Å²) in [7, 11) is -3.25. The minimum absolute atomic E-state index is 0.148. The third-order valence-corrected chi connectivity index (χ3v) is 5.10. The first-order chi connectivity index (χ1) is 7.58. The Bertz CT molecular complexity index is 325. The highest BCUT2D eigenvalue weighted by atomic mass is 32.2. The molecule has 0 aromatic carbocycles. The Labute approximate surface area is 97.8 Å². The summed E-state index contributed by atoms with van der Waals surface area (Å²) >= 11 is 0. The standard InChI is InChI=1S/C10H21N3O2S/c1-9-2-3-10(8-9)12-16(14,15)13-6-4-11-5-7-13/h9-12H,2-8H2,1H3. The Morgan fingerprint density at radius 2 is 1.94 bits per heavy atom. The first-order valence-electron chi connectivity index (χ1n) is 6.06. The van der Waals surface area contributed by atoms with Crippen molar-refractivity contribution in [1.29, 1.82) is 0 Å². The van der Waals surface area contributed by atoms with Crippen LogP contribution in [0.5, 0.6) is 0 Å². The topological polar surface area (TPSA) is 61.4 Å². The fraction of sp³-hybridized carbons (Fsp3) is 1.00. The molecule has 94 valence electrons. The summed E-state index contributed by atoms with van der Waals surface area (Å²) in [4.78, 5) is 0. The maximum absolute atomic E-state index is 12.0. The number of rotatable bonds is 3. The van der Waals surface area contributed by atoms with E-state index in [1.807, 2.05) is 0 Å². The molecule has 1 saturated heterocycles. The van der Waals surface area contributed by atoms with E-state index in [2.05, 4.69) is 17.0 Å². The van der Waals surface area contributed by atoms with Crippen molar-refractivity contribution in [3.05, 3.63) is 0 Å². The first kappa shape index (κ1) is 12.3. The minimum Gasteiger partial charge on any atom is -0.314 e. The molecule has 1 aliphatic heterocycles. The molecular formula is C10H21N3O2S. The molecule has 1 heterocycles. The predicted octanol–water partition coefficient (Wildman–Crippen LogP) is -0.0854. The highest BCUT2D eigenvalue weighted by Crippen LogP contribution is 2.25. The predicted molar refractivity (Wildman–Crippen MR) is 63.3 cm³/mol. The van der Waals surface area contributed by atoms with Gasteiger partial charge >= 0.3 is 0 Å². The summed E-state index contributed by atoms with van der Waals surface area (Å²) in [5, 5.41) is 3.15. The number of nitrogens with zero attached hydrogens (tertiary/aromatic N) is 1. The quantitative estimate of drug-likeness (QED) is 0.733. The third-order valence-electron chi connectivity index (χ3n) is 3.43. The maximum Gasteiger partial charge on any atom is 0.279 e. The van der Waals surface area contributed by atoms with Crippen molar-refractivity contribution in [2.24, 2.45) is 5.92 Å². The van der Waals surface area contributed by atoms with Gasteiger partial charge < -0.3 is 5.32 Å². The van der Waals surface area contributed by atoms with Gasteiger partial charge in [-0.25, -0.2) is 0 Å². The van der Waals surface area contributed by atoms with E-state index >= 15 is 0 Å². The molecule has 2 atom stereocenters. The molecule has 2 fully saturated rings. The smallest absolute Gasteiger partial charge is 0.279 e. The van der Waals surface area contributed by atoms with Gasteiger partial charge in [0.15, 0.2) is 0 Å². The summed E-state index contributed by atoms with van der Waals surface area (Å²) in [6.45, 7) is 4.85. The molecule has 2 aliphatic rings. The monoisotopic (exact) mass is 247 g/mol. The molecule has 0 bridgehead atoms. The highest BCUT2D eigenvalue weighted by Gasteiger charge is 2.29. The second-order valence-corrected chi connectivity index (χ2v) is 6.59. The maximum atomic E-state index is 12.0. The number of nitrogens with one attached hydrogen (secondary N) is 2. The Kier molecular flexibility index (Phi) is 3.84. The van der Waals surface area contributed by atoms with Crippen LogP contribution in [0.15, 0.2) is 0 Å². The lowest BCUT2D eigenvalue weighted by Crippen LogP contribution is -2.52. The van der Waals surface area contributed by atoms with E-state index < -0.39 is 10.2 Å². The molecule has 0 aromatic heterocycles. The molecule has 1 aliphatic carbocycles. The van der Waals surface area contributed by atoms with Crippen LogP contribution in [0.1, 0.15) is 26.2 Å². The van der Waals surface area contributed by atoms with Gasteiger partial charge in [0.25, 0.3) is 10.2 Å². The Morgan fingerprint density at radius 1 is 1.25 bits per heavy atom. The van der Waals surface area contributed by atoms with Gasteiger partial charge in [-0.3, -0.25) is 0 Å². The fourth-order valence-corrected chi connectivity index (χ4v) is 3.93. The number of hydrogen-bond donors (Lipinski definition) is 2. The van der Waals surface area contributed by atoms with Crippen LogP contribution in [0, 0.1) is 5.92 Å². The summed E-state index contributed by atoms with van der Waals surface area (Å²) in [6, 6.07) is 0.148. The normalized spacial score (nSPS) is 33.1. The number of hydrogen-bond acceptors (Lipinski definition) is 3. The zero-order valence-electron chi connectivity index (χ0n) is 9.78. The molecule has 0 amide bonds. The van der Waals surface area contributed by atoms with Crippen molar-refractivity contribution in [3.8, 4) is 0 Å². The van der Waals surface area contributed by atoms with Gasteiger partial charge in [-0.2, -0.15) is 17.4 Å². The zero-order chi connectivity index (χ0) is 11.6. The lowest BCUT2D eigenvalue weighted by molar-refractivity contribution is 0.350. The van der Waals surface area contributed by atoms with Crippen molar-refractivity contribution in [1.82, 2.24) is 14.3 Å². The van der Waals surface area contributed by atoms with Crippen molar-refractivity contribution in [2.75, 3.05) is 26.2 Å². The summed E-state index contributed by atoms with van der Waals surface area (Å²) in [6.07, 6.45) is 3.09. The average molecular weight is 247 g/mol. The Morgan fingerprint density at radius 3 is 2.50 bits per heavy atom. The highest BCUT2D eigenvalue weighted by molar-refractivity contribution is 7.87. The molecule has 6 heteroatoms. The first-order valence-corrected chi connectivity index (χ1v) is 7.50. The van der Waals surface area contributed by atoms with E-state index in [1.54, 1.807) is 4.31 Å². The van der Waals surface area contributed by atoms with Gasteiger partial charge in [0.1, 0.15) is 0 Å². The second-order valence-electron chi connectivity index (χ2n) is 4.89. The van der Waals surface area contributed by atoms with Crippen molar-refractivity contribution in [2.45, 2.75) is 32.2 Å². The molecule has 0 radical (unpaired) electrons. The average Bonchev–Trinajstić information content (AvgIpc) is 2.64. The molecular weight excluding hydrogens is 226 g/mol. The molecule has 2 unspecified atom stereocenters. The van der Waals surface area contributed by atoms with Crippen LogP contribution in [-0.4, -0.2) is 44.9 Å². The largest absolute Gasteiger partial charge is 0.314 e. The molecule has 2 N–H and O–H groups in total. The van der Waals surface area contributed by atoms with E-state index in [0.717, 1.165) is 32.4 Å². The van der Waals surface area contributed by atoms with Crippen LogP contribution in [-0.2, 0) is 10.2 Å². The van der Waals surface area contributed by atoms with E-state index in [9.17, 15) is 8.42 Å². The van der Waals surface area contributed by atoms with Gasteiger partial charge in [0.2, 0.25) is 0 Å². The number of piperazine rings is 1. The van der Waals surface area contributed by atoms with Crippen LogP contribution in [0.4, 0.5) is 0 Å². The van der Waals surface area contributed by atoms with E-state index in [1.165, 1.54) is 0 Å². The van der Waals surface area contributed by atoms with Crippen LogP contribution in [0.25, 0.3) is 0 Å². The summed E-state index contributed by atoms with van der Waals surface area (Å²) < 4.78 is 28.4. The van der Waals surface area contributed by atoms with E-state index in [4.69, 9.17) is 0 Å².